The SMILES string of the molecule is CCN(CC)CCC(CCC(=O)OCCS)CCC(=O)OCCS. The van der Waals surface area contributed by atoms with Crippen LogP contribution in [0.4, 0.5) is 0 Å². The van der Waals surface area contributed by atoms with E-state index in [0.717, 1.165) is 38.9 Å². The molecule has 0 aromatic heterocycles. The second kappa shape index (κ2) is 16.1. The predicted octanol–water partition coefficient (Wildman–Crippen LogP) is 2.84. The van der Waals surface area contributed by atoms with E-state index in [2.05, 4.69) is 44.0 Å². The van der Waals surface area contributed by atoms with Gasteiger partial charge in [-0.2, -0.15) is 25.3 Å². The quantitative estimate of drug-likeness (QED) is 0.338. The van der Waals surface area contributed by atoms with Crippen molar-refractivity contribution >= 4 is 37.2 Å². The van der Waals surface area contributed by atoms with Gasteiger partial charge in [-0.05, 0) is 44.8 Å². The van der Waals surface area contributed by atoms with E-state index in [-0.39, 0.29) is 11.9 Å². The van der Waals surface area contributed by atoms with Gasteiger partial charge in [-0.15, -0.1) is 0 Å². The molecule has 0 bridgehead atoms. The van der Waals surface area contributed by atoms with Crippen LogP contribution in [0.1, 0.15) is 46.0 Å². The third-order valence-corrected chi connectivity index (χ3v) is 4.34. The molecule has 0 amide bonds. The number of thiol groups is 2. The first-order valence-electron chi connectivity index (χ1n) is 8.82. The van der Waals surface area contributed by atoms with Crippen molar-refractivity contribution in [3.63, 3.8) is 0 Å². The number of hydrogen-bond donors (Lipinski definition) is 2. The fourth-order valence-corrected chi connectivity index (χ4v) is 2.63. The Labute approximate surface area is 157 Å². The first kappa shape index (κ1) is 23.6. The van der Waals surface area contributed by atoms with Gasteiger partial charge in [0.1, 0.15) is 13.2 Å². The van der Waals surface area contributed by atoms with Gasteiger partial charge in [0, 0.05) is 24.3 Å². The zero-order chi connectivity index (χ0) is 18.2. The summed E-state index contributed by atoms with van der Waals surface area (Å²) in [5.41, 5.74) is 0. The molecule has 0 atom stereocenters. The summed E-state index contributed by atoms with van der Waals surface area (Å²) in [6, 6.07) is 0. The summed E-state index contributed by atoms with van der Waals surface area (Å²) in [5, 5.41) is 0. The monoisotopic (exact) mass is 379 g/mol. The predicted molar refractivity (Wildman–Crippen MR) is 104 cm³/mol. The Morgan fingerprint density at radius 3 is 1.71 bits per heavy atom. The largest absolute Gasteiger partial charge is 0.465 e. The van der Waals surface area contributed by atoms with Crippen LogP contribution in [0.5, 0.6) is 0 Å². The van der Waals surface area contributed by atoms with Gasteiger partial charge in [0.05, 0.1) is 0 Å². The van der Waals surface area contributed by atoms with Gasteiger partial charge < -0.3 is 14.4 Å². The van der Waals surface area contributed by atoms with E-state index in [1.807, 2.05) is 0 Å². The van der Waals surface area contributed by atoms with Crippen molar-refractivity contribution in [2.75, 3.05) is 44.4 Å². The molecule has 5 nitrogen and oxygen atoms in total. The van der Waals surface area contributed by atoms with Gasteiger partial charge in [0.2, 0.25) is 0 Å². The van der Waals surface area contributed by atoms with E-state index in [4.69, 9.17) is 9.47 Å². The molecule has 0 heterocycles. The van der Waals surface area contributed by atoms with Crippen LogP contribution in [0.25, 0.3) is 0 Å². The van der Waals surface area contributed by atoms with Crippen molar-refractivity contribution < 1.29 is 19.1 Å². The lowest BCUT2D eigenvalue weighted by molar-refractivity contribution is -0.143. The van der Waals surface area contributed by atoms with Crippen LogP contribution in [0.15, 0.2) is 0 Å². The Hall–Kier alpha value is -0.400. The number of ether oxygens (including phenoxy) is 2. The Balaban J connectivity index is 4.31. The van der Waals surface area contributed by atoms with E-state index < -0.39 is 0 Å². The maximum absolute atomic E-state index is 11.7. The van der Waals surface area contributed by atoms with Gasteiger partial charge >= 0.3 is 11.9 Å². The highest BCUT2D eigenvalue weighted by Crippen LogP contribution is 2.19. The molecule has 0 spiro atoms. The molecule has 0 saturated carbocycles. The first-order chi connectivity index (χ1) is 11.6. The standard InChI is InChI=1S/C17H33NO4S2/c1-3-18(4-2)10-9-15(5-7-16(19)21-11-13-23)6-8-17(20)22-12-14-24/h15,23-24H,3-14H2,1-2H3. The van der Waals surface area contributed by atoms with Crippen molar-refractivity contribution in [2.45, 2.75) is 46.0 Å². The molecule has 0 aromatic carbocycles. The molecule has 0 rings (SSSR count). The molecule has 0 fully saturated rings. The molecule has 0 radical (unpaired) electrons. The first-order valence-corrected chi connectivity index (χ1v) is 10.1. The average Bonchev–Trinajstić information content (AvgIpc) is 2.60. The number of carbonyl (C=O) groups excluding carboxylic acids is 2. The van der Waals surface area contributed by atoms with Crippen LogP contribution < -0.4 is 0 Å². The van der Waals surface area contributed by atoms with E-state index in [1.54, 1.807) is 0 Å². The number of esters is 2. The van der Waals surface area contributed by atoms with E-state index in [1.165, 1.54) is 0 Å². The molecule has 0 aliphatic carbocycles. The fourth-order valence-electron chi connectivity index (χ4n) is 2.45. The topological polar surface area (TPSA) is 55.8 Å². The summed E-state index contributed by atoms with van der Waals surface area (Å²) in [6.45, 7) is 7.98. The molecule has 0 unspecified atom stereocenters. The van der Waals surface area contributed by atoms with Crippen LogP contribution in [0, 0.1) is 5.92 Å². The third-order valence-electron chi connectivity index (χ3n) is 3.97. The highest BCUT2D eigenvalue weighted by atomic mass is 32.1. The maximum atomic E-state index is 11.7. The van der Waals surface area contributed by atoms with Crippen molar-refractivity contribution in [3.8, 4) is 0 Å². The molecular formula is C17H33NO4S2. The van der Waals surface area contributed by atoms with E-state index >= 15 is 0 Å². The fraction of sp³-hybridized carbons (Fsp3) is 0.882. The molecule has 0 aliphatic heterocycles. The summed E-state index contributed by atoms with van der Waals surface area (Å²) in [6.07, 6.45) is 3.24. The minimum absolute atomic E-state index is 0.186. The highest BCUT2D eigenvalue weighted by Gasteiger charge is 2.16. The summed E-state index contributed by atoms with van der Waals surface area (Å²) in [5.74, 6) is 1.02. The van der Waals surface area contributed by atoms with Crippen LogP contribution in [-0.4, -0.2) is 61.2 Å². The summed E-state index contributed by atoms with van der Waals surface area (Å²) < 4.78 is 10.1. The molecule has 0 aliphatic rings. The average molecular weight is 380 g/mol. The molecule has 7 heteroatoms. The Kier molecular flexibility index (Phi) is 15.8. The maximum Gasteiger partial charge on any atom is 0.305 e. The van der Waals surface area contributed by atoms with Gasteiger partial charge in [0.25, 0.3) is 0 Å². The van der Waals surface area contributed by atoms with Gasteiger partial charge in [-0.3, -0.25) is 9.59 Å². The zero-order valence-electron chi connectivity index (χ0n) is 15.0. The zero-order valence-corrected chi connectivity index (χ0v) is 16.8. The highest BCUT2D eigenvalue weighted by molar-refractivity contribution is 7.80. The van der Waals surface area contributed by atoms with Crippen LogP contribution in [0.3, 0.4) is 0 Å². The molecular weight excluding hydrogens is 346 g/mol. The summed E-state index contributed by atoms with van der Waals surface area (Å²) >= 11 is 8.05. The lowest BCUT2D eigenvalue weighted by Gasteiger charge is -2.22. The smallest absolute Gasteiger partial charge is 0.305 e. The number of rotatable bonds is 15. The molecule has 0 saturated heterocycles. The van der Waals surface area contributed by atoms with Crippen molar-refractivity contribution in [3.05, 3.63) is 0 Å². The van der Waals surface area contributed by atoms with Gasteiger partial charge in [-0.1, -0.05) is 13.8 Å². The van der Waals surface area contributed by atoms with Crippen LogP contribution in [-0.2, 0) is 19.1 Å². The second-order valence-corrected chi connectivity index (χ2v) is 6.54. The van der Waals surface area contributed by atoms with Crippen molar-refractivity contribution in [2.24, 2.45) is 5.92 Å². The van der Waals surface area contributed by atoms with Crippen LogP contribution >= 0.6 is 25.3 Å². The van der Waals surface area contributed by atoms with Crippen molar-refractivity contribution in [1.29, 1.82) is 0 Å². The number of carbonyl (C=O) groups is 2. The van der Waals surface area contributed by atoms with Gasteiger partial charge in [0.15, 0.2) is 0 Å². The normalized spacial score (nSPS) is 11.1. The molecule has 0 aromatic rings. The van der Waals surface area contributed by atoms with Crippen molar-refractivity contribution in [1.82, 2.24) is 4.90 Å². The molecule has 24 heavy (non-hydrogen) atoms. The lowest BCUT2D eigenvalue weighted by Crippen LogP contribution is -2.26. The minimum atomic E-state index is -0.186. The number of hydrogen-bond acceptors (Lipinski definition) is 7. The Morgan fingerprint density at radius 1 is 0.875 bits per heavy atom. The summed E-state index contributed by atoms with van der Waals surface area (Å²) in [7, 11) is 0. The lowest BCUT2D eigenvalue weighted by atomic mass is 9.94. The minimum Gasteiger partial charge on any atom is -0.465 e. The van der Waals surface area contributed by atoms with E-state index in [9.17, 15) is 9.59 Å². The second-order valence-electron chi connectivity index (χ2n) is 5.65. The van der Waals surface area contributed by atoms with Gasteiger partial charge in [-0.25, -0.2) is 0 Å². The molecule has 0 N–H and O–H groups in total. The van der Waals surface area contributed by atoms with E-state index in [0.29, 0.717) is 43.5 Å². The van der Waals surface area contributed by atoms with Crippen LogP contribution in [0.2, 0.25) is 0 Å². The summed E-state index contributed by atoms with van der Waals surface area (Å²) in [4.78, 5) is 25.7. The Morgan fingerprint density at radius 2 is 1.33 bits per heavy atom. The third kappa shape index (κ3) is 13.0. The molecule has 142 valence electrons. The number of nitrogens with zero attached hydrogens (tertiary/aromatic N) is 1. The Bertz CT molecular complexity index is 315.